The van der Waals surface area contributed by atoms with Gasteiger partial charge in [0.15, 0.2) is 0 Å². The van der Waals surface area contributed by atoms with Gasteiger partial charge in [-0.2, -0.15) is 0 Å². The van der Waals surface area contributed by atoms with E-state index in [-0.39, 0.29) is 18.5 Å². The van der Waals surface area contributed by atoms with Crippen LogP contribution in [0.1, 0.15) is 335 Å². The standard InChI is InChI=1S/C64H121NO5/c1-3-5-7-9-11-13-15-17-19-21-23-24-26-27-29-32-36-40-44-48-52-56-62(67)61(60-66)65-63(68)57-53-49-45-41-37-33-31-35-39-43-47-51-55-59-70-64(69)58-54-50-46-42-38-34-30-28-25-22-20-18-16-14-12-10-8-6-4-2/h12,14,18,20,33,37,61-62,66-67H,3-11,13,15-17,19,21-32,34-36,38-60H2,1-2H3,(H,65,68)/b14-12-,20-18-,37-33-. The van der Waals surface area contributed by atoms with Crippen molar-refractivity contribution in [3.8, 4) is 0 Å². The number of ether oxygens (including phenoxy) is 1. The van der Waals surface area contributed by atoms with Crippen molar-refractivity contribution in [1.29, 1.82) is 0 Å². The number of unbranched alkanes of at least 4 members (excludes halogenated alkanes) is 41. The molecule has 0 radical (unpaired) electrons. The summed E-state index contributed by atoms with van der Waals surface area (Å²) in [6.07, 6.45) is 74.3. The van der Waals surface area contributed by atoms with Gasteiger partial charge in [0.05, 0.1) is 25.4 Å². The summed E-state index contributed by atoms with van der Waals surface area (Å²) in [4.78, 5) is 24.6. The minimum Gasteiger partial charge on any atom is -0.466 e. The molecule has 2 unspecified atom stereocenters. The molecule has 70 heavy (non-hydrogen) atoms. The van der Waals surface area contributed by atoms with Crippen molar-refractivity contribution >= 4 is 11.9 Å². The molecule has 0 aliphatic rings. The Morgan fingerprint density at radius 3 is 1.14 bits per heavy atom. The molecule has 6 heteroatoms. The van der Waals surface area contributed by atoms with Crippen LogP contribution in [0, 0.1) is 0 Å². The molecule has 6 nitrogen and oxygen atoms in total. The zero-order chi connectivity index (χ0) is 50.7. The van der Waals surface area contributed by atoms with Crippen LogP contribution >= 0.6 is 0 Å². The molecule has 0 saturated heterocycles. The highest BCUT2D eigenvalue weighted by molar-refractivity contribution is 5.76. The number of nitrogens with one attached hydrogen (secondary N) is 1. The molecule has 0 aliphatic carbocycles. The van der Waals surface area contributed by atoms with Gasteiger partial charge < -0.3 is 20.3 Å². The highest BCUT2D eigenvalue weighted by Crippen LogP contribution is 2.17. The lowest BCUT2D eigenvalue weighted by molar-refractivity contribution is -0.143. The Morgan fingerprint density at radius 2 is 0.714 bits per heavy atom. The second-order valence-corrected chi connectivity index (χ2v) is 21.4. The van der Waals surface area contributed by atoms with E-state index in [9.17, 15) is 19.8 Å². The van der Waals surface area contributed by atoms with Gasteiger partial charge in [0.25, 0.3) is 0 Å². The van der Waals surface area contributed by atoms with Gasteiger partial charge in [0.1, 0.15) is 0 Å². The zero-order valence-corrected chi connectivity index (χ0v) is 47.0. The summed E-state index contributed by atoms with van der Waals surface area (Å²) in [5.41, 5.74) is 0. The third-order valence-corrected chi connectivity index (χ3v) is 14.4. The molecule has 0 aromatic rings. The number of amides is 1. The number of esters is 1. The molecular weight excluding hydrogens is 863 g/mol. The molecule has 3 N–H and O–H groups in total. The van der Waals surface area contributed by atoms with Gasteiger partial charge in [-0.3, -0.25) is 9.59 Å². The highest BCUT2D eigenvalue weighted by Gasteiger charge is 2.20. The molecule has 0 saturated carbocycles. The van der Waals surface area contributed by atoms with Crippen LogP contribution in [0.25, 0.3) is 0 Å². The van der Waals surface area contributed by atoms with Crippen molar-refractivity contribution in [3.05, 3.63) is 36.5 Å². The van der Waals surface area contributed by atoms with Gasteiger partial charge in [0.2, 0.25) is 5.91 Å². The summed E-state index contributed by atoms with van der Waals surface area (Å²) in [5.74, 6) is -0.0782. The molecule has 2 atom stereocenters. The van der Waals surface area contributed by atoms with Gasteiger partial charge in [-0.1, -0.05) is 275 Å². The van der Waals surface area contributed by atoms with Gasteiger partial charge in [-0.05, 0) is 83.5 Å². The van der Waals surface area contributed by atoms with Crippen LogP contribution in [-0.2, 0) is 14.3 Å². The topological polar surface area (TPSA) is 95.9 Å². The Kier molecular flexibility index (Phi) is 58.0. The van der Waals surface area contributed by atoms with Crippen LogP contribution < -0.4 is 5.32 Å². The summed E-state index contributed by atoms with van der Waals surface area (Å²) < 4.78 is 5.48. The molecular formula is C64H121NO5. The fourth-order valence-electron chi connectivity index (χ4n) is 9.61. The first-order valence-electron chi connectivity index (χ1n) is 31.2. The molecule has 0 heterocycles. The molecule has 412 valence electrons. The third kappa shape index (κ3) is 55.4. The Balaban J connectivity index is 3.48. The van der Waals surface area contributed by atoms with E-state index < -0.39 is 12.1 Å². The van der Waals surface area contributed by atoms with Crippen molar-refractivity contribution in [2.45, 2.75) is 347 Å². The van der Waals surface area contributed by atoms with Gasteiger partial charge in [-0.25, -0.2) is 0 Å². The fraction of sp³-hybridized carbons (Fsp3) is 0.875. The maximum Gasteiger partial charge on any atom is 0.305 e. The number of carbonyl (C=O) groups excluding carboxylic acids is 2. The SMILES string of the molecule is CCCCC/C=C\C/C=C\CCCCCCCCCCCC(=O)OCCCCCCCC/C=C\CCCCCC(=O)NC(CO)C(O)CCCCCCCCCCCCCCCCCCCCCCC. The number of aliphatic hydroxyl groups is 2. The number of aliphatic hydroxyl groups excluding tert-OH is 2. The molecule has 0 spiro atoms. The lowest BCUT2D eigenvalue weighted by Crippen LogP contribution is -2.45. The summed E-state index contributed by atoms with van der Waals surface area (Å²) in [6, 6.07) is -0.564. The van der Waals surface area contributed by atoms with E-state index >= 15 is 0 Å². The Morgan fingerprint density at radius 1 is 0.400 bits per heavy atom. The van der Waals surface area contributed by atoms with E-state index in [0.29, 0.717) is 25.9 Å². The summed E-state index contributed by atoms with van der Waals surface area (Å²) >= 11 is 0. The van der Waals surface area contributed by atoms with Gasteiger partial charge in [0, 0.05) is 12.8 Å². The van der Waals surface area contributed by atoms with Crippen molar-refractivity contribution in [2.75, 3.05) is 13.2 Å². The van der Waals surface area contributed by atoms with Crippen LogP contribution in [0.5, 0.6) is 0 Å². The number of hydrogen-bond acceptors (Lipinski definition) is 5. The first-order chi connectivity index (χ1) is 34.5. The van der Waals surface area contributed by atoms with E-state index in [2.05, 4.69) is 55.6 Å². The monoisotopic (exact) mass is 984 g/mol. The molecule has 0 rings (SSSR count). The number of hydrogen-bond donors (Lipinski definition) is 3. The fourth-order valence-corrected chi connectivity index (χ4v) is 9.61. The minimum atomic E-state index is -0.683. The van der Waals surface area contributed by atoms with Crippen molar-refractivity contribution in [3.63, 3.8) is 0 Å². The van der Waals surface area contributed by atoms with Crippen molar-refractivity contribution in [2.24, 2.45) is 0 Å². The summed E-state index contributed by atoms with van der Waals surface area (Å²) in [5, 5.41) is 23.3. The van der Waals surface area contributed by atoms with Crippen molar-refractivity contribution < 1.29 is 24.5 Å². The maximum atomic E-state index is 12.5. The Labute approximate surface area is 436 Å². The Bertz CT molecular complexity index is 1130. The highest BCUT2D eigenvalue weighted by atomic mass is 16.5. The van der Waals surface area contributed by atoms with Crippen LogP contribution in [-0.4, -0.2) is 47.4 Å². The molecule has 0 aromatic heterocycles. The van der Waals surface area contributed by atoms with E-state index in [1.165, 1.54) is 225 Å². The van der Waals surface area contributed by atoms with Gasteiger partial charge in [-0.15, -0.1) is 0 Å². The lowest BCUT2D eigenvalue weighted by atomic mass is 10.0. The Hall–Kier alpha value is -1.92. The number of allylic oxidation sites excluding steroid dienone is 6. The van der Waals surface area contributed by atoms with E-state index in [4.69, 9.17) is 4.74 Å². The first kappa shape index (κ1) is 68.1. The smallest absolute Gasteiger partial charge is 0.305 e. The molecule has 0 bridgehead atoms. The average Bonchev–Trinajstić information content (AvgIpc) is 3.36. The lowest BCUT2D eigenvalue weighted by Gasteiger charge is -2.22. The predicted molar refractivity (Wildman–Crippen MR) is 306 cm³/mol. The number of carbonyl (C=O) groups is 2. The summed E-state index contributed by atoms with van der Waals surface area (Å²) in [7, 11) is 0. The minimum absolute atomic E-state index is 0.0157. The first-order valence-corrected chi connectivity index (χ1v) is 31.2. The molecule has 0 aliphatic heterocycles. The quantitative estimate of drug-likeness (QED) is 0.0321. The predicted octanol–water partition coefficient (Wildman–Crippen LogP) is 19.6. The van der Waals surface area contributed by atoms with E-state index in [1.807, 2.05) is 0 Å². The third-order valence-electron chi connectivity index (χ3n) is 14.4. The van der Waals surface area contributed by atoms with Crippen molar-refractivity contribution in [1.82, 2.24) is 5.32 Å². The largest absolute Gasteiger partial charge is 0.466 e. The van der Waals surface area contributed by atoms with Crippen LogP contribution in [0.15, 0.2) is 36.5 Å². The van der Waals surface area contributed by atoms with E-state index in [0.717, 1.165) is 77.0 Å². The second kappa shape index (κ2) is 59.6. The summed E-state index contributed by atoms with van der Waals surface area (Å²) in [6.45, 7) is 4.91. The zero-order valence-electron chi connectivity index (χ0n) is 47.0. The molecule has 0 fully saturated rings. The van der Waals surface area contributed by atoms with Crippen LogP contribution in [0.3, 0.4) is 0 Å². The maximum absolute atomic E-state index is 12.5. The van der Waals surface area contributed by atoms with E-state index in [1.54, 1.807) is 0 Å². The normalized spacial score (nSPS) is 12.8. The second-order valence-electron chi connectivity index (χ2n) is 21.4. The van der Waals surface area contributed by atoms with Crippen LogP contribution in [0.4, 0.5) is 0 Å². The molecule has 1 amide bonds. The number of rotatable bonds is 58. The van der Waals surface area contributed by atoms with Gasteiger partial charge >= 0.3 is 5.97 Å². The molecule has 0 aromatic carbocycles. The van der Waals surface area contributed by atoms with Crippen LogP contribution in [0.2, 0.25) is 0 Å². The average molecular weight is 985 g/mol.